The largest absolute Gasteiger partial charge is 0.507 e. The van der Waals surface area contributed by atoms with Gasteiger partial charge in [-0.1, -0.05) is 11.6 Å². The minimum Gasteiger partial charge on any atom is -0.507 e. The zero-order valence-electron chi connectivity index (χ0n) is 11.6. The molecule has 0 unspecified atom stereocenters. The van der Waals surface area contributed by atoms with Crippen LogP contribution >= 0.6 is 11.6 Å². The molecule has 2 N–H and O–H groups in total. The maximum atomic E-state index is 12.0. The maximum absolute atomic E-state index is 12.0. The van der Waals surface area contributed by atoms with Gasteiger partial charge in [-0.25, -0.2) is 0 Å². The van der Waals surface area contributed by atoms with Crippen molar-refractivity contribution in [1.82, 2.24) is 15.1 Å². The van der Waals surface area contributed by atoms with E-state index in [0.29, 0.717) is 11.6 Å². The highest BCUT2D eigenvalue weighted by molar-refractivity contribution is 6.30. The molecule has 0 spiro atoms. The molecule has 106 valence electrons. The molecular weight excluding hydrogens is 278 g/mol. The molecule has 1 amide bonds. The molecule has 1 heterocycles. The second-order valence-electron chi connectivity index (χ2n) is 4.62. The van der Waals surface area contributed by atoms with Gasteiger partial charge < -0.3 is 10.4 Å². The first kappa shape index (κ1) is 14.4. The molecule has 0 bridgehead atoms. The number of aromatic hydroxyl groups is 1. The number of aryl methyl sites for hydroxylation is 2. The maximum Gasteiger partial charge on any atom is 0.255 e. The van der Waals surface area contributed by atoms with Crippen molar-refractivity contribution in [3.63, 3.8) is 0 Å². The van der Waals surface area contributed by atoms with Crippen LogP contribution < -0.4 is 5.32 Å². The van der Waals surface area contributed by atoms with Crippen LogP contribution in [0, 0.1) is 13.8 Å². The van der Waals surface area contributed by atoms with E-state index in [2.05, 4.69) is 10.4 Å². The van der Waals surface area contributed by atoms with Crippen molar-refractivity contribution < 1.29 is 9.90 Å². The van der Waals surface area contributed by atoms with Crippen molar-refractivity contribution in [2.24, 2.45) is 7.05 Å². The van der Waals surface area contributed by atoms with Crippen LogP contribution in [0.1, 0.15) is 27.3 Å². The van der Waals surface area contributed by atoms with Crippen molar-refractivity contribution in [2.75, 3.05) is 0 Å². The summed E-state index contributed by atoms with van der Waals surface area (Å²) in [5, 5.41) is 17.2. The molecule has 0 aliphatic heterocycles. The molecule has 0 aliphatic rings. The van der Waals surface area contributed by atoms with Crippen molar-refractivity contribution in [3.8, 4) is 5.75 Å². The number of hydrogen-bond acceptors (Lipinski definition) is 3. The molecular formula is C14H16ClN3O2. The van der Waals surface area contributed by atoms with Crippen molar-refractivity contribution in [1.29, 1.82) is 0 Å². The second-order valence-corrected chi connectivity index (χ2v) is 5.05. The molecule has 0 saturated heterocycles. The Hall–Kier alpha value is -2.01. The monoisotopic (exact) mass is 293 g/mol. The average Bonchev–Trinajstić information content (AvgIpc) is 2.61. The minimum absolute atomic E-state index is 0.130. The Bertz CT molecular complexity index is 665. The van der Waals surface area contributed by atoms with Crippen molar-refractivity contribution in [2.45, 2.75) is 20.4 Å². The first-order valence-electron chi connectivity index (χ1n) is 6.16. The zero-order chi connectivity index (χ0) is 14.9. The first-order valence-corrected chi connectivity index (χ1v) is 6.53. The summed E-state index contributed by atoms with van der Waals surface area (Å²) in [7, 11) is 1.86. The van der Waals surface area contributed by atoms with Gasteiger partial charge in [-0.2, -0.15) is 5.10 Å². The van der Waals surface area contributed by atoms with Crippen LogP contribution in [0.5, 0.6) is 5.75 Å². The smallest absolute Gasteiger partial charge is 0.255 e. The molecule has 0 fully saturated rings. The van der Waals surface area contributed by atoms with Gasteiger partial charge in [0, 0.05) is 29.9 Å². The van der Waals surface area contributed by atoms with Crippen LogP contribution in [0.25, 0.3) is 0 Å². The Morgan fingerprint density at radius 1 is 1.45 bits per heavy atom. The van der Waals surface area contributed by atoms with Crippen LogP contribution in [-0.4, -0.2) is 20.8 Å². The summed E-state index contributed by atoms with van der Waals surface area (Å²) < 4.78 is 1.77. The number of halogens is 1. The number of aromatic nitrogens is 2. The fourth-order valence-electron chi connectivity index (χ4n) is 2.03. The third-order valence-corrected chi connectivity index (χ3v) is 3.52. The Labute approximate surface area is 122 Å². The highest BCUT2D eigenvalue weighted by atomic mass is 35.5. The Morgan fingerprint density at radius 3 is 2.70 bits per heavy atom. The summed E-state index contributed by atoms with van der Waals surface area (Å²) in [6, 6.07) is 4.41. The van der Waals surface area contributed by atoms with E-state index in [1.807, 2.05) is 20.9 Å². The van der Waals surface area contributed by atoms with Gasteiger partial charge in [-0.3, -0.25) is 9.48 Å². The van der Waals surface area contributed by atoms with Gasteiger partial charge in [-0.15, -0.1) is 0 Å². The third-order valence-electron chi connectivity index (χ3n) is 3.29. The van der Waals surface area contributed by atoms with Crippen LogP contribution in [0.2, 0.25) is 5.02 Å². The number of carbonyl (C=O) groups excluding carboxylic acids is 1. The van der Waals surface area contributed by atoms with E-state index in [9.17, 15) is 9.90 Å². The highest BCUT2D eigenvalue weighted by Crippen LogP contribution is 2.22. The fourth-order valence-corrected chi connectivity index (χ4v) is 2.20. The first-order chi connectivity index (χ1) is 9.40. The van der Waals surface area contributed by atoms with Crippen LogP contribution in [0.15, 0.2) is 18.2 Å². The Morgan fingerprint density at radius 2 is 2.15 bits per heavy atom. The van der Waals surface area contributed by atoms with E-state index in [-0.39, 0.29) is 17.2 Å². The summed E-state index contributed by atoms with van der Waals surface area (Å²) >= 11 is 5.74. The van der Waals surface area contributed by atoms with Gasteiger partial charge in [0.05, 0.1) is 11.3 Å². The normalized spacial score (nSPS) is 10.6. The van der Waals surface area contributed by atoms with Crippen LogP contribution in [0.4, 0.5) is 0 Å². The predicted molar refractivity (Wildman–Crippen MR) is 77.0 cm³/mol. The SMILES string of the molecule is Cc1nn(C)c(C)c1CNC(=O)c1ccc(Cl)cc1O. The molecule has 0 saturated carbocycles. The molecule has 0 aliphatic carbocycles. The average molecular weight is 294 g/mol. The van der Waals surface area contributed by atoms with Crippen molar-refractivity contribution >= 4 is 17.5 Å². The summed E-state index contributed by atoms with van der Waals surface area (Å²) in [4.78, 5) is 12.0. The summed E-state index contributed by atoms with van der Waals surface area (Å²) in [6.07, 6.45) is 0. The summed E-state index contributed by atoms with van der Waals surface area (Å²) in [6.45, 7) is 4.21. The van der Waals surface area contributed by atoms with Crippen molar-refractivity contribution in [3.05, 3.63) is 45.7 Å². The Balaban J connectivity index is 2.12. The molecule has 2 rings (SSSR count). The van der Waals surface area contributed by atoms with Gasteiger partial charge >= 0.3 is 0 Å². The number of carbonyl (C=O) groups is 1. The molecule has 1 aromatic carbocycles. The highest BCUT2D eigenvalue weighted by Gasteiger charge is 2.14. The summed E-state index contributed by atoms with van der Waals surface area (Å²) in [5.41, 5.74) is 3.07. The van der Waals surface area contributed by atoms with Crippen LogP contribution in [-0.2, 0) is 13.6 Å². The summed E-state index contributed by atoms with van der Waals surface area (Å²) in [5.74, 6) is -0.476. The van der Waals surface area contributed by atoms with E-state index in [4.69, 9.17) is 11.6 Å². The topological polar surface area (TPSA) is 67.2 Å². The quantitative estimate of drug-likeness (QED) is 0.913. The van der Waals surface area contributed by atoms with E-state index in [1.54, 1.807) is 10.7 Å². The number of nitrogens with one attached hydrogen (secondary N) is 1. The minimum atomic E-state index is -0.346. The van der Waals surface area contributed by atoms with Gasteiger partial charge in [0.1, 0.15) is 5.75 Å². The molecule has 0 radical (unpaired) electrons. The van der Waals surface area contributed by atoms with Gasteiger partial charge in [-0.05, 0) is 32.0 Å². The molecule has 1 aromatic heterocycles. The lowest BCUT2D eigenvalue weighted by molar-refractivity contribution is 0.0948. The lowest BCUT2D eigenvalue weighted by atomic mass is 10.1. The fraction of sp³-hybridized carbons (Fsp3) is 0.286. The molecule has 6 heteroatoms. The molecule has 5 nitrogen and oxygen atoms in total. The Kier molecular flexibility index (Phi) is 3.99. The van der Waals surface area contributed by atoms with E-state index >= 15 is 0 Å². The number of benzene rings is 1. The molecule has 0 atom stereocenters. The lowest BCUT2D eigenvalue weighted by Gasteiger charge is -2.07. The zero-order valence-corrected chi connectivity index (χ0v) is 12.3. The third kappa shape index (κ3) is 2.77. The van der Waals surface area contributed by atoms with E-state index in [0.717, 1.165) is 17.0 Å². The van der Waals surface area contributed by atoms with Gasteiger partial charge in [0.25, 0.3) is 5.91 Å². The van der Waals surface area contributed by atoms with E-state index < -0.39 is 0 Å². The lowest BCUT2D eigenvalue weighted by Crippen LogP contribution is -2.23. The molecule has 2 aromatic rings. The number of rotatable bonds is 3. The van der Waals surface area contributed by atoms with Crippen LogP contribution in [0.3, 0.4) is 0 Å². The van der Waals surface area contributed by atoms with Gasteiger partial charge in [0.2, 0.25) is 0 Å². The second kappa shape index (κ2) is 5.54. The number of nitrogens with zero attached hydrogens (tertiary/aromatic N) is 2. The van der Waals surface area contributed by atoms with E-state index in [1.165, 1.54) is 12.1 Å². The molecule has 20 heavy (non-hydrogen) atoms. The number of amides is 1. The standard InChI is InChI=1S/C14H16ClN3O2/c1-8-12(9(2)18(3)17-8)7-16-14(20)11-5-4-10(15)6-13(11)19/h4-6,19H,7H2,1-3H3,(H,16,20). The number of hydrogen-bond donors (Lipinski definition) is 2. The van der Waals surface area contributed by atoms with Gasteiger partial charge in [0.15, 0.2) is 0 Å². The number of phenols is 1. The number of phenolic OH excluding ortho intramolecular Hbond substituents is 1. The predicted octanol–water partition coefficient (Wildman–Crippen LogP) is 2.33.